The fourth-order valence-electron chi connectivity index (χ4n) is 3.56. The zero-order valence-corrected chi connectivity index (χ0v) is 17.8. The first-order valence-corrected chi connectivity index (χ1v) is 10.3. The Bertz CT molecular complexity index is 1320. The molecule has 174 valence electrons. The Hall–Kier alpha value is -3.58. The average Bonchev–Trinajstić information content (AvgIpc) is 2.83. The number of piperazine rings is 1. The lowest BCUT2D eigenvalue weighted by atomic mass is 10.2. The molecule has 13 heteroatoms. The maximum absolute atomic E-state index is 13.6. The number of halogens is 2. The van der Waals surface area contributed by atoms with Crippen LogP contribution in [0.3, 0.4) is 0 Å². The van der Waals surface area contributed by atoms with Crippen LogP contribution in [0.4, 0.5) is 8.78 Å². The van der Waals surface area contributed by atoms with Crippen LogP contribution in [-0.2, 0) is 13.6 Å². The number of fused-ring (bicyclic) bond motifs is 1. The van der Waals surface area contributed by atoms with Crippen LogP contribution in [0.5, 0.6) is 0 Å². The molecular weight excluding hydrogens is 438 g/mol. The van der Waals surface area contributed by atoms with Crippen molar-refractivity contribution in [3.8, 4) is 0 Å². The SMILES string of the molecule is Cn1c(=O)c2nc(C(=O)NCCN3CCNCC3)nnc2n(Cc2ccc(F)c(F)c2)c1=O. The summed E-state index contributed by atoms with van der Waals surface area (Å²) < 4.78 is 28.7. The maximum Gasteiger partial charge on any atom is 0.332 e. The molecule has 0 unspecified atom stereocenters. The second-order valence-corrected chi connectivity index (χ2v) is 7.64. The van der Waals surface area contributed by atoms with Crippen molar-refractivity contribution in [3.05, 3.63) is 62.1 Å². The van der Waals surface area contributed by atoms with Crippen molar-refractivity contribution in [2.45, 2.75) is 6.54 Å². The number of aromatic nitrogens is 5. The third-order valence-electron chi connectivity index (χ3n) is 5.40. The van der Waals surface area contributed by atoms with Crippen molar-refractivity contribution in [1.29, 1.82) is 0 Å². The molecule has 11 nitrogen and oxygen atoms in total. The summed E-state index contributed by atoms with van der Waals surface area (Å²) in [6.07, 6.45) is 0. The minimum absolute atomic E-state index is 0.162. The summed E-state index contributed by atoms with van der Waals surface area (Å²) in [5, 5.41) is 13.6. The van der Waals surface area contributed by atoms with Crippen molar-refractivity contribution < 1.29 is 13.6 Å². The molecule has 0 radical (unpaired) electrons. The summed E-state index contributed by atoms with van der Waals surface area (Å²) in [5.74, 6) is -3.00. The minimum atomic E-state index is -1.07. The lowest BCUT2D eigenvalue weighted by Crippen LogP contribution is -2.46. The normalized spacial score (nSPS) is 14.5. The van der Waals surface area contributed by atoms with Gasteiger partial charge >= 0.3 is 5.69 Å². The number of nitrogens with one attached hydrogen (secondary N) is 2. The van der Waals surface area contributed by atoms with Crippen molar-refractivity contribution in [2.75, 3.05) is 39.3 Å². The zero-order valence-electron chi connectivity index (χ0n) is 17.8. The maximum atomic E-state index is 13.6. The van der Waals surface area contributed by atoms with E-state index in [2.05, 4.69) is 30.7 Å². The first-order chi connectivity index (χ1) is 15.8. The summed E-state index contributed by atoms with van der Waals surface area (Å²) in [6, 6.07) is 3.19. The van der Waals surface area contributed by atoms with Crippen molar-refractivity contribution >= 4 is 17.1 Å². The quantitative estimate of drug-likeness (QED) is 0.472. The number of benzene rings is 1. The van der Waals surface area contributed by atoms with Gasteiger partial charge in [-0.1, -0.05) is 6.07 Å². The molecular formula is C20H22F2N8O3. The van der Waals surface area contributed by atoms with E-state index in [0.29, 0.717) is 13.1 Å². The van der Waals surface area contributed by atoms with Crippen molar-refractivity contribution in [2.24, 2.45) is 7.05 Å². The van der Waals surface area contributed by atoms with Crippen LogP contribution >= 0.6 is 0 Å². The lowest BCUT2D eigenvalue weighted by molar-refractivity contribution is 0.0936. The summed E-state index contributed by atoms with van der Waals surface area (Å²) in [6.45, 7) is 4.37. The van der Waals surface area contributed by atoms with E-state index in [9.17, 15) is 23.2 Å². The number of hydrogen-bond donors (Lipinski definition) is 2. The Balaban J connectivity index is 1.60. The van der Waals surface area contributed by atoms with E-state index in [1.54, 1.807) is 0 Å². The number of carbonyl (C=O) groups is 1. The smallest absolute Gasteiger partial charge is 0.332 e. The molecule has 1 fully saturated rings. The number of hydrogen-bond acceptors (Lipinski definition) is 8. The number of nitrogens with zero attached hydrogens (tertiary/aromatic N) is 6. The van der Waals surface area contributed by atoms with Gasteiger partial charge in [0, 0.05) is 46.3 Å². The zero-order chi connectivity index (χ0) is 23.5. The van der Waals surface area contributed by atoms with Crippen LogP contribution in [0.15, 0.2) is 27.8 Å². The van der Waals surface area contributed by atoms with E-state index >= 15 is 0 Å². The van der Waals surface area contributed by atoms with Gasteiger partial charge in [0.05, 0.1) is 6.54 Å². The van der Waals surface area contributed by atoms with E-state index in [4.69, 9.17) is 0 Å². The molecule has 0 saturated carbocycles. The first kappa shape index (κ1) is 22.6. The fourth-order valence-corrected chi connectivity index (χ4v) is 3.56. The van der Waals surface area contributed by atoms with Gasteiger partial charge in [-0.2, -0.15) is 0 Å². The Morgan fingerprint density at radius 2 is 1.91 bits per heavy atom. The topological polar surface area (TPSA) is 127 Å². The summed E-state index contributed by atoms with van der Waals surface area (Å²) in [4.78, 5) is 44.0. The Labute approximate surface area is 186 Å². The molecule has 0 aliphatic carbocycles. The molecule has 2 N–H and O–H groups in total. The Kier molecular flexibility index (Phi) is 6.51. The largest absolute Gasteiger partial charge is 0.348 e. The molecule has 3 heterocycles. The van der Waals surface area contributed by atoms with E-state index < -0.39 is 28.8 Å². The van der Waals surface area contributed by atoms with Crippen LogP contribution in [-0.4, -0.2) is 74.4 Å². The van der Waals surface area contributed by atoms with Crippen LogP contribution in [0.2, 0.25) is 0 Å². The van der Waals surface area contributed by atoms with Crippen LogP contribution in [0, 0.1) is 11.6 Å². The molecule has 1 amide bonds. The van der Waals surface area contributed by atoms with Gasteiger partial charge in [0.1, 0.15) is 0 Å². The highest BCUT2D eigenvalue weighted by atomic mass is 19.2. The van der Waals surface area contributed by atoms with Crippen molar-refractivity contribution in [1.82, 2.24) is 39.8 Å². The van der Waals surface area contributed by atoms with Gasteiger partial charge in [0.25, 0.3) is 11.5 Å². The Morgan fingerprint density at radius 1 is 1.15 bits per heavy atom. The Morgan fingerprint density at radius 3 is 2.64 bits per heavy atom. The monoisotopic (exact) mass is 460 g/mol. The molecule has 3 aromatic rings. The molecule has 4 rings (SSSR count). The lowest BCUT2D eigenvalue weighted by Gasteiger charge is -2.26. The van der Waals surface area contributed by atoms with Gasteiger partial charge < -0.3 is 10.6 Å². The van der Waals surface area contributed by atoms with E-state index in [1.807, 2.05) is 0 Å². The number of rotatable bonds is 6. The van der Waals surface area contributed by atoms with E-state index in [0.717, 1.165) is 47.4 Å². The second kappa shape index (κ2) is 9.50. The van der Waals surface area contributed by atoms with Gasteiger partial charge in [-0.05, 0) is 17.7 Å². The molecule has 0 atom stereocenters. The second-order valence-electron chi connectivity index (χ2n) is 7.64. The van der Waals surface area contributed by atoms with Gasteiger partial charge in [0.15, 0.2) is 22.8 Å². The molecule has 0 bridgehead atoms. The third kappa shape index (κ3) is 4.78. The van der Waals surface area contributed by atoms with Gasteiger partial charge in [0.2, 0.25) is 5.82 Å². The van der Waals surface area contributed by atoms with Gasteiger partial charge in [-0.15, -0.1) is 10.2 Å². The number of carbonyl (C=O) groups excluding carboxylic acids is 1. The van der Waals surface area contributed by atoms with E-state index in [1.165, 1.54) is 13.1 Å². The summed E-state index contributed by atoms with van der Waals surface area (Å²) in [5.41, 5.74) is -1.61. The van der Waals surface area contributed by atoms with Crippen LogP contribution in [0.1, 0.15) is 16.2 Å². The highest BCUT2D eigenvalue weighted by Crippen LogP contribution is 2.11. The van der Waals surface area contributed by atoms with Crippen LogP contribution in [0.25, 0.3) is 11.2 Å². The minimum Gasteiger partial charge on any atom is -0.348 e. The van der Waals surface area contributed by atoms with Gasteiger partial charge in [-0.25, -0.2) is 18.6 Å². The molecule has 1 aromatic carbocycles. The number of amides is 1. The highest BCUT2D eigenvalue weighted by Gasteiger charge is 2.19. The average molecular weight is 460 g/mol. The summed E-state index contributed by atoms with van der Waals surface area (Å²) >= 11 is 0. The summed E-state index contributed by atoms with van der Waals surface area (Å²) in [7, 11) is 1.25. The molecule has 2 aromatic heterocycles. The van der Waals surface area contributed by atoms with E-state index in [-0.39, 0.29) is 29.1 Å². The van der Waals surface area contributed by atoms with Gasteiger partial charge in [-0.3, -0.25) is 23.6 Å². The molecule has 33 heavy (non-hydrogen) atoms. The third-order valence-corrected chi connectivity index (χ3v) is 5.40. The molecule has 1 saturated heterocycles. The predicted octanol–water partition coefficient (Wildman–Crippen LogP) is -1.15. The molecule has 0 spiro atoms. The van der Waals surface area contributed by atoms with Crippen molar-refractivity contribution in [3.63, 3.8) is 0 Å². The highest BCUT2D eigenvalue weighted by molar-refractivity contribution is 5.91. The van der Waals surface area contributed by atoms with Crippen LogP contribution < -0.4 is 21.9 Å². The standard InChI is InChI=1S/C20H22F2N8O3/c1-28-19(32)15-17(30(20(28)33)11-12-2-3-13(21)14(22)10-12)27-26-16(25-15)18(31)24-6-9-29-7-4-23-5-8-29/h2-3,10,23H,4-9,11H2,1H3,(H,24,31). The predicted molar refractivity (Wildman–Crippen MR) is 114 cm³/mol. The first-order valence-electron chi connectivity index (χ1n) is 10.3. The molecule has 1 aliphatic heterocycles. The molecule has 1 aliphatic rings. The fraction of sp³-hybridized carbons (Fsp3) is 0.400.